The Morgan fingerprint density at radius 3 is 2.24 bits per heavy atom. The van der Waals surface area contributed by atoms with Crippen LogP contribution < -0.4 is 15.8 Å². The first-order valence-electron chi connectivity index (χ1n) is 11.7. The van der Waals surface area contributed by atoms with E-state index in [1.54, 1.807) is 20.8 Å². The molecule has 0 aliphatic carbocycles. The molecule has 0 aromatic carbocycles. The van der Waals surface area contributed by atoms with Gasteiger partial charge in [0.2, 0.25) is 0 Å². The molecule has 0 unspecified atom stereocenters. The molecule has 0 aromatic heterocycles. The highest BCUT2D eigenvalue weighted by Gasteiger charge is 2.51. The summed E-state index contributed by atoms with van der Waals surface area (Å²) in [5.41, 5.74) is 4.16. The Morgan fingerprint density at radius 1 is 1.15 bits per heavy atom. The van der Waals surface area contributed by atoms with E-state index in [0.717, 1.165) is 6.42 Å². The van der Waals surface area contributed by atoms with Crippen LogP contribution in [-0.4, -0.2) is 73.8 Å². The molecule has 2 saturated heterocycles. The molecule has 13 heteroatoms. The van der Waals surface area contributed by atoms with Crippen molar-refractivity contribution in [2.24, 2.45) is 11.7 Å². The molecule has 2 heterocycles. The first-order valence-corrected chi connectivity index (χ1v) is 13.1. The molecule has 2 aliphatic heterocycles. The molecule has 2 amide bonds. The highest BCUT2D eigenvalue weighted by Crippen LogP contribution is 2.39. The number of carbonyl (C=O) groups is 2. The third-order valence-electron chi connectivity index (χ3n) is 6.54. The van der Waals surface area contributed by atoms with Crippen LogP contribution in [0.15, 0.2) is 0 Å². The van der Waals surface area contributed by atoms with Crippen LogP contribution in [0.1, 0.15) is 68.2 Å². The van der Waals surface area contributed by atoms with Crippen LogP contribution in [0.2, 0.25) is 6.32 Å². The van der Waals surface area contributed by atoms with Crippen molar-refractivity contribution < 1.29 is 32.1 Å². The van der Waals surface area contributed by atoms with Crippen molar-refractivity contribution in [3.8, 4) is 0 Å². The van der Waals surface area contributed by atoms with Crippen LogP contribution in [0.25, 0.3) is 0 Å². The molecule has 0 saturated carbocycles. The van der Waals surface area contributed by atoms with E-state index in [1.807, 2.05) is 39.3 Å². The van der Waals surface area contributed by atoms with Gasteiger partial charge in [0, 0.05) is 18.6 Å². The second kappa shape index (κ2) is 9.92. The van der Waals surface area contributed by atoms with Crippen LogP contribution in [0.5, 0.6) is 0 Å². The number of nitrogens with one attached hydrogen (secondary N) is 2. The molecule has 0 aromatic rings. The summed E-state index contributed by atoms with van der Waals surface area (Å²) in [6, 6.07) is 0. The second-order valence-electron chi connectivity index (χ2n) is 11.5. The van der Waals surface area contributed by atoms with Crippen molar-refractivity contribution in [1.29, 1.82) is 0 Å². The first kappa shape index (κ1) is 28.8. The van der Waals surface area contributed by atoms with Crippen molar-refractivity contribution in [2.45, 2.75) is 96.9 Å². The van der Waals surface area contributed by atoms with Gasteiger partial charge in [-0.15, -0.1) is 0 Å². The summed E-state index contributed by atoms with van der Waals surface area (Å²) >= 11 is 0. The molecule has 2 rings (SSSR count). The van der Waals surface area contributed by atoms with E-state index in [0.29, 0.717) is 12.7 Å². The largest absolute Gasteiger partial charge is 0.457 e. The van der Waals surface area contributed by atoms with Gasteiger partial charge in [0.15, 0.2) is 0 Å². The minimum atomic E-state index is -4.11. The van der Waals surface area contributed by atoms with Gasteiger partial charge in [0.1, 0.15) is 12.1 Å². The summed E-state index contributed by atoms with van der Waals surface area (Å²) in [6.45, 7) is 14.6. The second-order valence-corrected chi connectivity index (χ2v) is 13.2. The van der Waals surface area contributed by atoms with Gasteiger partial charge in [-0.3, -0.25) is 4.79 Å². The lowest BCUT2D eigenvalue weighted by molar-refractivity contribution is -0.118. The Morgan fingerprint density at radius 2 is 1.71 bits per heavy atom. The van der Waals surface area contributed by atoms with Crippen molar-refractivity contribution in [3.05, 3.63) is 0 Å². The van der Waals surface area contributed by atoms with Gasteiger partial charge < -0.3 is 25.1 Å². The third-order valence-corrected chi connectivity index (χ3v) is 7.99. The molecule has 34 heavy (non-hydrogen) atoms. The van der Waals surface area contributed by atoms with Gasteiger partial charge in [0.25, 0.3) is 5.91 Å². The highest BCUT2D eigenvalue weighted by atomic mass is 32.2. The zero-order valence-corrected chi connectivity index (χ0v) is 22.5. The van der Waals surface area contributed by atoms with Gasteiger partial charge in [-0.05, 0) is 74.0 Å². The predicted octanol–water partition coefficient (Wildman–Crippen LogP) is 1.39. The standard InChI is InChI=1S/C21H41BN4O7S/c1-18(2,3)31-17(28)24-12-16(27)25-34(29,30)26-13-15(21(8,23)14-26)10-9-11-22-32-19(4,5)20(6,7)33-22/h15H,9-14,23H2,1-8H3,(H,24,28)(H,25,27)/t15-,21-/m0/s1. The van der Waals surface area contributed by atoms with Crippen LogP contribution >= 0.6 is 0 Å². The molecular formula is C21H41BN4O7S. The number of hydrogen-bond acceptors (Lipinski definition) is 8. The topological polar surface area (TPSA) is 149 Å². The van der Waals surface area contributed by atoms with E-state index in [4.69, 9.17) is 19.8 Å². The van der Waals surface area contributed by atoms with Crippen LogP contribution in [0.4, 0.5) is 4.79 Å². The van der Waals surface area contributed by atoms with E-state index in [-0.39, 0.29) is 26.1 Å². The van der Waals surface area contributed by atoms with E-state index in [1.165, 1.54) is 4.31 Å². The van der Waals surface area contributed by atoms with E-state index < -0.39 is 51.1 Å². The summed E-state index contributed by atoms with van der Waals surface area (Å²) in [5.74, 6) is -0.963. The smallest absolute Gasteiger partial charge is 0.444 e. The molecule has 2 aliphatic rings. The monoisotopic (exact) mass is 504 g/mol. The number of rotatable bonds is 8. The highest BCUT2D eigenvalue weighted by molar-refractivity contribution is 7.87. The fourth-order valence-electron chi connectivity index (χ4n) is 3.96. The molecular weight excluding hydrogens is 463 g/mol. The average Bonchev–Trinajstić information content (AvgIpc) is 3.03. The number of ether oxygens (including phenoxy) is 1. The number of carbonyl (C=O) groups excluding carboxylic acids is 2. The van der Waals surface area contributed by atoms with Crippen molar-refractivity contribution in [2.75, 3.05) is 19.6 Å². The van der Waals surface area contributed by atoms with Crippen LogP contribution in [0.3, 0.4) is 0 Å². The molecule has 196 valence electrons. The van der Waals surface area contributed by atoms with Gasteiger partial charge >= 0.3 is 23.4 Å². The van der Waals surface area contributed by atoms with Crippen LogP contribution in [-0.2, 0) is 29.0 Å². The number of nitrogens with two attached hydrogens (primary N) is 1. The summed E-state index contributed by atoms with van der Waals surface area (Å²) in [7, 11) is -4.42. The number of nitrogens with zero attached hydrogens (tertiary/aromatic N) is 1. The molecule has 11 nitrogen and oxygen atoms in total. The normalized spacial score (nSPS) is 27.0. The van der Waals surface area contributed by atoms with E-state index >= 15 is 0 Å². The molecule has 0 radical (unpaired) electrons. The lowest BCUT2D eigenvalue weighted by atomic mass is 9.78. The Labute approximate surface area is 204 Å². The summed E-state index contributed by atoms with van der Waals surface area (Å²) in [4.78, 5) is 23.8. The summed E-state index contributed by atoms with van der Waals surface area (Å²) in [6.07, 6.45) is 1.32. The number of amides is 2. The maximum absolute atomic E-state index is 12.7. The first-order chi connectivity index (χ1) is 15.2. The fraction of sp³-hybridized carbons (Fsp3) is 0.905. The molecule has 2 fully saturated rings. The molecule has 0 spiro atoms. The van der Waals surface area contributed by atoms with E-state index in [9.17, 15) is 18.0 Å². The molecule has 0 bridgehead atoms. The zero-order valence-electron chi connectivity index (χ0n) is 21.7. The fourth-order valence-corrected chi connectivity index (χ4v) is 5.27. The lowest BCUT2D eigenvalue weighted by Gasteiger charge is -2.32. The van der Waals surface area contributed by atoms with Gasteiger partial charge in [-0.1, -0.05) is 6.42 Å². The number of hydrogen-bond donors (Lipinski definition) is 3. The van der Waals surface area contributed by atoms with Crippen molar-refractivity contribution in [1.82, 2.24) is 14.3 Å². The molecule has 2 atom stereocenters. The van der Waals surface area contributed by atoms with Gasteiger partial charge in [-0.25, -0.2) is 9.52 Å². The summed E-state index contributed by atoms with van der Waals surface area (Å²) < 4.78 is 45.7. The molecule has 4 N–H and O–H groups in total. The quantitative estimate of drug-likeness (QED) is 0.420. The van der Waals surface area contributed by atoms with Crippen molar-refractivity contribution in [3.63, 3.8) is 0 Å². The Bertz CT molecular complexity index is 855. The Kier molecular flexibility index (Phi) is 8.41. The van der Waals surface area contributed by atoms with Gasteiger partial charge in [-0.2, -0.15) is 12.7 Å². The minimum Gasteiger partial charge on any atom is -0.444 e. The zero-order chi connectivity index (χ0) is 26.2. The minimum absolute atomic E-state index is 0.0796. The maximum atomic E-state index is 12.7. The summed E-state index contributed by atoms with van der Waals surface area (Å²) in [5, 5.41) is 2.24. The van der Waals surface area contributed by atoms with Gasteiger partial charge in [0.05, 0.1) is 11.2 Å². The van der Waals surface area contributed by atoms with Crippen molar-refractivity contribution >= 4 is 29.3 Å². The van der Waals surface area contributed by atoms with E-state index in [2.05, 4.69) is 5.32 Å². The Hall–Kier alpha value is -1.41. The van der Waals surface area contributed by atoms with Crippen LogP contribution in [0, 0.1) is 5.92 Å². The predicted molar refractivity (Wildman–Crippen MR) is 129 cm³/mol. The maximum Gasteiger partial charge on any atom is 0.457 e. The lowest BCUT2D eigenvalue weighted by Crippen LogP contribution is -2.49. The number of alkyl carbamates (subject to hydrolysis) is 1. The third kappa shape index (κ3) is 7.55. The SMILES string of the molecule is CC(C)(C)OC(=O)NCC(=O)NS(=O)(=O)N1C[C@H](CCCB2OC(C)(C)C(C)(C)O2)[C@@](C)(N)C1. The average molecular weight is 504 g/mol. The Balaban J connectivity index is 1.84.